The second-order valence-corrected chi connectivity index (χ2v) is 2.96. The van der Waals surface area contributed by atoms with Crippen LogP contribution in [0.25, 0.3) is 0 Å². The highest BCUT2D eigenvalue weighted by molar-refractivity contribution is 5.77. The average Bonchev–Trinajstić information content (AvgIpc) is 2.63. The molecule has 14 heavy (non-hydrogen) atoms. The average molecular weight is 199 g/mol. The summed E-state index contributed by atoms with van der Waals surface area (Å²) >= 11 is 0. The molecule has 7 nitrogen and oxygen atoms in total. The number of aromatic nitrogens is 4. The van der Waals surface area contributed by atoms with E-state index in [1.165, 1.54) is 0 Å². The topological polar surface area (TPSA) is 92.8 Å². The summed E-state index contributed by atoms with van der Waals surface area (Å²) < 4.78 is 5.10. The van der Waals surface area contributed by atoms with Gasteiger partial charge in [-0.05, 0) is 13.8 Å². The first-order chi connectivity index (χ1) is 6.68. The summed E-state index contributed by atoms with van der Waals surface area (Å²) in [5.74, 6) is 0.256. The number of nitrogens with zero attached hydrogens (tertiary/aromatic N) is 3. The second-order valence-electron chi connectivity index (χ2n) is 2.96. The zero-order valence-corrected chi connectivity index (χ0v) is 8.15. The van der Waals surface area contributed by atoms with E-state index in [1.807, 2.05) is 13.8 Å². The Morgan fingerprint density at radius 3 is 3.00 bits per heavy atom. The lowest BCUT2D eigenvalue weighted by Gasteiger charge is -2.06. The number of tetrazole rings is 1. The van der Waals surface area contributed by atoms with Crippen LogP contribution in [0.5, 0.6) is 0 Å². The molecule has 1 aromatic rings. The van der Waals surface area contributed by atoms with Crippen molar-refractivity contribution in [3.63, 3.8) is 0 Å². The fourth-order valence-electron chi connectivity index (χ4n) is 0.728. The number of H-pyrrole nitrogens is 1. The molecule has 0 aliphatic rings. The molecule has 0 aliphatic heterocycles. The van der Waals surface area contributed by atoms with Gasteiger partial charge in [0.15, 0.2) is 5.82 Å². The monoisotopic (exact) mass is 199 g/mol. The second kappa shape index (κ2) is 5.28. The molecule has 1 heterocycles. The number of aromatic amines is 1. The predicted octanol–water partition coefficient (Wildman–Crippen LogP) is -0.759. The summed E-state index contributed by atoms with van der Waals surface area (Å²) in [5.41, 5.74) is 0. The highest BCUT2D eigenvalue weighted by atomic mass is 16.5. The predicted molar refractivity (Wildman–Crippen MR) is 47.1 cm³/mol. The Morgan fingerprint density at radius 2 is 2.43 bits per heavy atom. The molecule has 0 atom stereocenters. The summed E-state index contributed by atoms with van der Waals surface area (Å²) in [7, 11) is 0. The van der Waals surface area contributed by atoms with Gasteiger partial charge in [-0.15, -0.1) is 10.2 Å². The van der Waals surface area contributed by atoms with E-state index < -0.39 is 0 Å². The van der Waals surface area contributed by atoms with Gasteiger partial charge in [0.2, 0.25) is 5.91 Å². The van der Waals surface area contributed by atoms with E-state index in [0.717, 1.165) is 0 Å². The largest absolute Gasteiger partial charge is 0.369 e. The molecular weight excluding hydrogens is 186 g/mol. The van der Waals surface area contributed by atoms with Gasteiger partial charge < -0.3 is 10.1 Å². The summed E-state index contributed by atoms with van der Waals surface area (Å²) in [6, 6.07) is 0. The minimum Gasteiger partial charge on any atom is -0.369 e. The van der Waals surface area contributed by atoms with E-state index in [-0.39, 0.29) is 25.2 Å². The summed E-state index contributed by atoms with van der Waals surface area (Å²) in [4.78, 5) is 11.1. The maximum atomic E-state index is 11.1. The normalized spacial score (nSPS) is 10.5. The molecule has 7 heteroatoms. The Hall–Kier alpha value is -1.50. The Morgan fingerprint density at radius 1 is 1.64 bits per heavy atom. The number of amides is 1. The first-order valence-electron chi connectivity index (χ1n) is 4.29. The van der Waals surface area contributed by atoms with E-state index >= 15 is 0 Å². The maximum Gasteiger partial charge on any atom is 0.246 e. The minimum absolute atomic E-state index is 0.0472. The number of nitrogens with one attached hydrogen (secondary N) is 2. The van der Waals surface area contributed by atoms with Crippen molar-refractivity contribution in [2.75, 3.05) is 6.61 Å². The van der Waals surface area contributed by atoms with Crippen molar-refractivity contribution in [3.05, 3.63) is 5.82 Å². The fraction of sp³-hybridized carbons (Fsp3) is 0.714. The van der Waals surface area contributed by atoms with Crippen LogP contribution in [0.4, 0.5) is 0 Å². The van der Waals surface area contributed by atoms with Crippen molar-refractivity contribution < 1.29 is 9.53 Å². The number of hydrogen-bond acceptors (Lipinski definition) is 5. The molecule has 0 saturated heterocycles. The van der Waals surface area contributed by atoms with Crippen LogP contribution in [0.2, 0.25) is 0 Å². The van der Waals surface area contributed by atoms with Gasteiger partial charge in [-0.25, -0.2) is 0 Å². The van der Waals surface area contributed by atoms with Crippen LogP contribution in [-0.2, 0) is 16.1 Å². The quantitative estimate of drug-likeness (QED) is 0.650. The van der Waals surface area contributed by atoms with E-state index in [9.17, 15) is 4.79 Å². The first-order valence-corrected chi connectivity index (χ1v) is 4.29. The van der Waals surface area contributed by atoms with Gasteiger partial charge in [-0.3, -0.25) is 4.79 Å². The van der Waals surface area contributed by atoms with Crippen molar-refractivity contribution in [2.45, 2.75) is 26.5 Å². The molecular formula is C7H13N5O2. The third kappa shape index (κ3) is 3.94. The maximum absolute atomic E-state index is 11.1. The molecule has 0 aromatic carbocycles. The zero-order chi connectivity index (χ0) is 10.4. The fourth-order valence-corrected chi connectivity index (χ4v) is 0.728. The Bertz CT molecular complexity index is 272. The van der Waals surface area contributed by atoms with Crippen molar-refractivity contribution in [1.82, 2.24) is 25.9 Å². The van der Waals surface area contributed by atoms with Crippen molar-refractivity contribution in [2.24, 2.45) is 0 Å². The molecule has 0 aliphatic carbocycles. The van der Waals surface area contributed by atoms with Crippen LogP contribution < -0.4 is 5.32 Å². The number of carbonyl (C=O) groups excluding carboxylic acids is 1. The highest BCUT2D eigenvalue weighted by Crippen LogP contribution is 1.87. The lowest BCUT2D eigenvalue weighted by molar-refractivity contribution is -0.127. The summed E-state index contributed by atoms with van der Waals surface area (Å²) in [6.45, 7) is 4.05. The summed E-state index contributed by atoms with van der Waals surface area (Å²) in [5, 5.41) is 15.6. The van der Waals surface area contributed by atoms with E-state index in [1.54, 1.807) is 0 Å². The van der Waals surface area contributed by atoms with Crippen molar-refractivity contribution in [3.8, 4) is 0 Å². The molecule has 0 unspecified atom stereocenters. The van der Waals surface area contributed by atoms with Gasteiger partial charge in [0.05, 0.1) is 12.6 Å². The van der Waals surface area contributed by atoms with E-state index in [0.29, 0.717) is 5.82 Å². The Balaban J connectivity index is 2.15. The first kappa shape index (κ1) is 10.6. The van der Waals surface area contributed by atoms with Crippen molar-refractivity contribution >= 4 is 5.91 Å². The van der Waals surface area contributed by atoms with Gasteiger partial charge in [0, 0.05) is 0 Å². The molecule has 2 N–H and O–H groups in total. The van der Waals surface area contributed by atoms with Crippen molar-refractivity contribution in [1.29, 1.82) is 0 Å². The Labute approximate surface area is 81.2 Å². The van der Waals surface area contributed by atoms with Crippen LogP contribution in [0.3, 0.4) is 0 Å². The molecule has 0 spiro atoms. The Kier molecular flexibility index (Phi) is 3.99. The number of carbonyl (C=O) groups is 1. The van der Waals surface area contributed by atoms with Gasteiger partial charge in [-0.1, -0.05) is 5.21 Å². The molecule has 0 radical (unpaired) electrons. The standard InChI is InChI=1S/C7H13N5O2/c1-5(2)14-4-7(13)8-3-6-9-11-12-10-6/h5H,3-4H2,1-2H3,(H,8,13)(H,9,10,11,12). The molecule has 1 rings (SSSR count). The molecule has 0 saturated carbocycles. The molecule has 0 fully saturated rings. The number of rotatable bonds is 5. The minimum atomic E-state index is -0.191. The number of hydrogen-bond donors (Lipinski definition) is 2. The van der Waals surface area contributed by atoms with Crippen LogP contribution >= 0.6 is 0 Å². The molecule has 1 aromatic heterocycles. The smallest absolute Gasteiger partial charge is 0.246 e. The summed E-state index contributed by atoms with van der Waals surface area (Å²) in [6.07, 6.45) is 0.0472. The van der Waals surface area contributed by atoms with Crippen LogP contribution in [-0.4, -0.2) is 39.2 Å². The van der Waals surface area contributed by atoms with Crippen LogP contribution in [0, 0.1) is 0 Å². The molecule has 0 bridgehead atoms. The molecule has 1 amide bonds. The lowest BCUT2D eigenvalue weighted by Crippen LogP contribution is -2.28. The molecule has 78 valence electrons. The van der Waals surface area contributed by atoms with Gasteiger partial charge in [0.1, 0.15) is 6.61 Å². The van der Waals surface area contributed by atoms with Gasteiger partial charge >= 0.3 is 0 Å². The third-order valence-electron chi connectivity index (χ3n) is 1.38. The van der Waals surface area contributed by atoms with Gasteiger partial charge in [0.25, 0.3) is 0 Å². The third-order valence-corrected chi connectivity index (χ3v) is 1.38. The zero-order valence-electron chi connectivity index (χ0n) is 8.15. The van der Waals surface area contributed by atoms with Crippen LogP contribution in [0.1, 0.15) is 19.7 Å². The van der Waals surface area contributed by atoms with E-state index in [4.69, 9.17) is 4.74 Å². The van der Waals surface area contributed by atoms with E-state index in [2.05, 4.69) is 25.9 Å². The van der Waals surface area contributed by atoms with Gasteiger partial charge in [-0.2, -0.15) is 5.21 Å². The SMILES string of the molecule is CC(C)OCC(=O)NCc1nn[nH]n1. The number of ether oxygens (including phenoxy) is 1. The highest BCUT2D eigenvalue weighted by Gasteiger charge is 2.04. The lowest BCUT2D eigenvalue weighted by atomic mass is 10.5. The van der Waals surface area contributed by atoms with Crippen LogP contribution in [0.15, 0.2) is 0 Å².